The molecule has 1 amide bonds. The Morgan fingerprint density at radius 1 is 1.50 bits per heavy atom. The lowest BCUT2D eigenvalue weighted by Gasteiger charge is -2.29. The first-order valence-corrected chi connectivity index (χ1v) is 6.34. The highest BCUT2D eigenvalue weighted by atomic mass is 16.5. The van der Waals surface area contributed by atoms with Gasteiger partial charge in [0.15, 0.2) is 0 Å². The molecule has 0 atom stereocenters. The first-order valence-electron chi connectivity index (χ1n) is 6.34. The van der Waals surface area contributed by atoms with Gasteiger partial charge in [-0.1, -0.05) is 0 Å². The van der Waals surface area contributed by atoms with Crippen LogP contribution in [0.2, 0.25) is 0 Å². The zero-order valence-electron chi connectivity index (χ0n) is 10.7. The molecule has 18 heavy (non-hydrogen) atoms. The van der Waals surface area contributed by atoms with Crippen molar-refractivity contribution in [3.63, 3.8) is 0 Å². The van der Waals surface area contributed by atoms with Gasteiger partial charge in [-0.15, -0.1) is 0 Å². The van der Waals surface area contributed by atoms with E-state index in [0.717, 1.165) is 0 Å². The van der Waals surface area contributed by atoms with Crippen LogP contribution in [0.15, 0.2) is 18.3 Å². The van der Waals surface area contributed by atoms with Crippen LogP contribution in [-0.2, 0) is 11.3 Å². The summed E-state index contributed by atoms with van der Waals surface area (Å²) in [4.78, 5) is 14.1. The van der Waals surface area contributed by atoms with Crippen LogP contribution in [0.25, 0.3) is 0 Å². The molecule has 0 saturated carbocycles. The van der Waals surface area contributed by atoms with Gasteiger partial charge >= 0.3 is 0 Å². The van der Waals surface area contributed by atoms with Gasteiger partial charge in [0.1, 0.15) is 5.69 Å². The molecule has 5 heteroatoms. The number of ether oxygens (including phenoxy) is 1. The van der Waals surface area contributed by atoms with Gasteiger partial charge in [-0.3, -0.25) is 4.79 Å². The Hall–Kier alpha value is -1.33. The van der Waals surface area contributed by atoms with Gasteiger partial charge in [-0.25, -0.2) is 0 Å². The second-order valence-corrected chi connectivity index (χ2v) is 4.60. The van der Waals surface area contributed by atoms with Crippen molar-refractivity contribution >= 4 is 5.91 Å². The van der Waals surface area contributed by atoms with Crippen molar-refractivity contribution in [1.82, 2.24) is 9.47 Å². The smallest absolute Gasteiger partial charge is 0.270 e. The molecule has 2 rings (SSSR count). The van der Waals surface area contributed by atoms with E-state index in [0.29, 0.717) is 44.8 Å². The summed E-state index contributed by atoms with van der Waals surface area (Å²) in [5.74, 6) is 0.0444. The fraction of sp³-hybridized carbons (Fsp3) is 0.615. The first kappa shape index (κ1) is 13.1. The number of hydrogen-bond donors (Lipinski definition) is 1. The van der Waals surface area contributed by atoms with Crippen LogP contribution in [0.3, 0.4) is 0 Å². The summed E-state index contributed by atoms with van der Waals surface area (Å²) in [6.45, 7) is 2.54. The van der Waals surface area contributed by atoms with E-state index in [1.807, 2.05) is 27.8 Å². The van der Waals surface area contributed by atoms with Crippen LogP contribution in [-0.4, -0.2) is 53.4 Å². The quantitative estimate of drug-likeness (QED) is 0.859. The van der Waals surface area contributed by atoms with Crippen molar-refractivity contribution in [1.29, 1.82) is 0 Å². The normalized spacial score (nSPS) is 17.1. The number of aliphatic hydroxyl groups excluding tert-OH is 1. The van der Waals surface area contributed by atoms with Crippen molar-refractivity contribution in [2.45, 2.75) is 25.5 Å². The molecular formula is C13H20N2O3. The Morgan fingerprint density at radius 2 is 2.22 bits per heavy atom. The van der Waals surface area contributed by atoms with E-state index >= 15 is 0 Å². The van der Waals surface area contributed by atoms with Crippen LogP contribution in [0.1, 0.15) is 23.3 Å². The number of methoxy groups -OCH3 is 1. The number of carbonyl (C=O) groups excluding carboxylic acids is 1. The van der Waals surface area contributed by atoms with E-state index < -0.39 is 0 Å². The largest absolute Gasteiger partial charge is 0.393 e. The molecular weight excluding hydrogens is 232 g/mol. The highest BCUT2D eigenvalue weighted by Gasteiger charge is 2.23. The minimum absolute atomic E-state index is 0.0444. The third-order valence-electron chi connectivity index (χ3n) is 3.34. The molecule has 2 heterocycles. The van der Waals surface area contributed by atoms with E-state index in [1.54, 1.807) is 7.11 Å². The minimum Gasteiger partial charge on any atom is -0.393 e. The third kappa shape index (κ3) is 2.91. The Labute approximate surface area is 107 Å². The molecule has 1 saturated heterocycles. The van der Waals surface area contributed by atoms with E-state index in [-0.39, 0.29) is 12.0 Å². The van der Waals surface area contributed by atoms with E-state index in [2.05, 4.69) is 0 Å². The number of amides is 1. The second-order valence-electron chi connectivity index (χ2n) is 4.60. The molecule has 1 aliphatic heterocycles. The van der Waals surface area contributed by atoms with Gasteiger partial charge < -0.3 is 19.3 Å². The molecule has 5 nitrogen and oxygen atoms in total. The number of rotatable bonds is 4. The number of nitrogens with zero attached hydrogens (tertiary/aromatic N) is 2. The number of hydrogen-bond acceptors (Lipinski definition) is 3. The lowest BCUT2D eigenvalue weighted by molar-refractivity contribution is 0.0536. The van der Waals surface area contributed by atoms with Crippen molar-refractivity contribution < 1.29 is 14.6 Å². The summed E-state index contributed by atoms with van der Waals surface area (Å²) in [5.41, 5.74) is 0.698. The van der Waals surface area contributed by atoms with Gasteiger partial charge in [0.25, 0.3) is 5.91 Å². The van der Waals surface area contributed by atoms with E-state index in [1.165, 1.54) is 0 Å². The Balaban J connectivity index is 2.02. The lowest BCUT2D eigenvalue weighted by atomic mass is 10.1. The molecule has 1 aromatic rings. The first-order chi connectivity index (χ1) is 8.72. The number of aromatic nitrogens is 1. The zero-order chi connectivity index (χ0) is 13.0. The van der Waals surface area contributed by atoms with Gasteiger partial charge in [-0.05, 0) is 25.0 Å². The van der Waals surface area contributed by atoms with Crippen LogP contribution >= 0.6 is 0 Å². The van der Waals surface area contributed by atoms with Crippen LogP contribution < -0.4 is 0 Å². The zero-order valence-corrected chi connectivity index (χ0v) is 10.7. The average Bonchev–Trinajstić information content (AvgIpc) is 2.84. The molecule has 100 valence electrons. The van der Waals surface area contributed by atoms with Gasteiger partial charge in [0.2, 0.25) is 0 Å². The summed E-state index contributed by atoms with van der Waals surface area (Å²) in [6.07, 6.45) is 2.98. The molecule has 0 unspecified atom stereocenters. The molecule has 0 bridgehead atoms. The predicted molar refractivity (Wildman–Crippen MR) is 67.5 cm³/mol. The topological polar surface area (TPSA) is 54.7 Å². The fourth-order valence-corrected chi connectivity index (χ4v) is 2.22. The maximum atomic E-state index is 12.3. The van der Waals surface area contributed by atoms with Crippen molar-refractivity contribution in [3.8, 4) is 0 Å². The highest BCUT2D eigenvalue weighted by molar-refractivity contribution is 5.92. The number of aliphatic hydroxyl groups is 1. The van der Waals surface area contributed by atoms with Gasteiger partial charge in [-0.2, -0.15) is 0 Å². The highest BCUT2D eigenvalue weighted by Crippen LogP contribution is 2.14. The molecule has 1 N–H and O–H groups in total. The summed E-state index contributed by atoms with van der Waals surface area (Å²) < 4.78 is 6.94. The molecule has 1 aromatic heterocycles. The van der Waals surface area contributed by atoms with Crippen molar-refractivity contribution in [2.75, 3.05) is 26.8 Å². The summed E-state index contributed by atoms with van der Waals surface area (Å²) in [6, 6.07) is 3.71. The third-order valence-corrected chi connectivity index (χ3v) is 3.34. The number of likely N-dealkylation sites (tertiary alicyclic amines) is 1. The maximum absolute atomic E-state index is 12.3. The van der Waals surface area contributed by atoms with Gasteiger partial charge in [0.05, 0.1) is 12.7 Å². The predicted octanol–water partition coefficient (Wildman–Crippen LogP) is 0.731. The van der Waals surface area contributed by atoms with Crippen molar-refractivity contribution in [3.05, 3.63) is 24.0 Å². The van der Waals surface area contributed by atoms with Crippen molar-refractivity contribution in [2.24, 2.45) is 0 Å². The Bertz CT molecular complexity index is 395. The molecule has 0 spiro atoms. The average molecular weight is 252 g/mol. The Morgan fingerprint density at radius 3 is 2.89 bits per heavy atom. The summed E-state index contributed by atoms with van der Waals surface area (Å²) in [5, 5.41) is 9.45. The molecule has 0 aromatic carbocycles. The Kier molecular flexibility index (Phi) is 4.38. The summed E-state index contributed by atoms with van der Waals surface area (Å²) >= 11 is 0. The van der Waals surface area contributed by atoms with Gasteiger partial charge in [0, 0.05) is 32.9 Å². The maximum Gasteiger partial charge on any atom is 0.270 e. The standard InChI is InChI=1S/C13H20N2O3/c1-18-10-9-14-6-2-3-12(14)13(17)15-7-4-11(16)5-8-15/h2-3,6,11,16H,4-5,7-10H2,1H3. The van der Waals surface area contributed by atoms with E-state index in [9.17, 15) is 9.90 Å². The number of piperidine rings is 1. The van der Waals surface area contributed by atoms with Crippen LogP contribution in [0, 0.1) is 0 Å². The second kappa shape index (κ2) is 6.02. The lowest BCUT2D eigenvalue weighted by Crippen LogP contribution is -2.40. The monoisotopic (exact) mass is 252 g/mol. The molecule has 1 aliphatic rings. The van der Waals surface area contributed by atoms with E-state index in [4.69, 9.17) is 4.74 Å². The molecule has 0 radical (unpaired) electrons. The molecule has 0 aliphatic carbocycles. The van der Waals surface area contributed by atoms with Crippen LogP contribution in [0.4, 0.5) is 0 Å². The minimum atomic E-state index is -0.255. The molecule has 1 fully saturated rings. The fourth-order valence-electron chi connectivity index (χ4n) is 2.22. The summed E-state index contributed by atoms with van der Waals surface area (Å²) in [7, 11) is 1.65. The number of carbonyl (C=O) groups is 1. The SMILES string of the molecule is COCCn1cccc1C(=O)N1CCC(O)CC1. The van der Waals surface area contributed by atoms with Crippen LogP contribution in [0.5, 0.6) is 0 Å².